The highest BCUT2D eigenvalue weighted by molar-refractivity contribution is 5.81. The number of hydrogen-bond donors (Lipinski definition) is 0. The minimum atomic E-state index is -4.70. The molecule has 0 radical (unpaired) electrons. The third-order valence-electron chi connectivity index (χ3n) is 6.00. The summed E-state index contributed by atoms with van der Waals surface area (Å²) in [6.07, 6.45) is -4.15. The summed E-state index contributed by atoms with van der Waals surface area (Å²) in [5.74, 6) is 0.267. The number of aromatic nitrogens is 4. The third kappa shape index (κ3) is 4.32. The molecule has 0 N–H and O–H groups in total. The van der Waals surface area contributed by atoms with Crippen LogP contribution in [0.25, 0.3) is 33.7 Å². The van der Waals surface area contributed by atoms with Crippen LogP contribution in [0.4, 0.5) is 13.2 Å². The molecule has 3 heterocycles. The molecule has 0 amide bonds. The van der Waals surface area contributed by atoms with E-state index in [-0.39, 0.29) is 35.7 Å². The van der Waals surface area contributed by atoms with Crippen LogP contribution >= 0.6 is 0 Å². The van der Waals surface area contributed by atoms with E-state index in [1.807, 2.05) is 38.1 Å². The highest BCUT2D eigenvalue weighted by atomic mass is 19.4. The van der Waals surface area contributed by atoms with Gasteiger partial charge in [-0.15, -0.1) is 0 Å². The summed E-state index contributed by atoms with van der Waals surface area (Å²) < 4.78 is 50.8. The quantitative estimate of drug-likeness (QED) is 0.279. The smallest absolute Gasteiger partial charge is 0.359 e. The van der Waals surface area contributed by atoms with E-state index < -0.39 is 17.4 Å². The highest BCUT2D eigenvalue weighted by Crippen LogP contribution is 2.37. The molecule has 3 aromatic heterocycles. The zero-order valence-corrected chi connectivity index (χ0v) is 19.7. The summed E-state index contributed by atoms with van der Waals surface area (Å²) in [7, 11) is 0. The van der Waals surface area contributed by atoms with Crippen LogP contribution in [0, 0.1) is 6.92 Å². The number of aryl methyl sites for hydroxylation is 2. The third-order valence-corrected chi connectivity index (χ3v) is 6.00. The predicted octanol–water partition coefficient (Wildman–Crippen LogP) is 6.31. The van der Waals surface area contributed by atoms with Gasteiger partial charge in [0.25, 0.3) is 0 Å². The van der Waals surface area contributed by atoms with E-state index in [9.17, 15) is 18.0 Å². The normalized spacial score (nSPS) is 11.9. The number of alkyl halides is 3. The Labute approximate surface area is 204 Å². The van der Waals surface area contributed by atoms with Gasteiger partial charge in [0, 0.05) is 23.7 Å². The van der Waals surface area contributed by atoms with Crippen molar-refractivity contribution >= 4 is 11.2 Å². The van der Waals surface area contributed by atoms with Crippen LogP contribution in [-0.2, 0) is 19.3 Å². The first-order valence-corrected chi connectivity index (χ1v) is 11.6. The summed E-state index contributed by atoms with van der Waals surface area (Å²) >= 11 is 0. The molecule has 9 heteroatoms. The molecule has 5 aromatic rings. The first-order chi connectivity index (χ1) is 17.3. The Hall–Kier alpha value is -4.14. The molecule has 0 aliphatic heterocycles. The van der Waals surface area contributed by atoms with Crippen molar-refractivity contribution in [3.8, 4) is 22.5 Å². The van der Waals surface area contributed by atoms with Gasteiger partial charge in [0.1, 0.15) is 11.2 Å². The second-order valence-electron chi connectivity index (χ2n) is 8.66. The van der Waals surface area contributed by atoms with Crippen molar-refractivity contribution in [1.29, 1.82) is 0 Å². The molecule has 0 atom stereocenters. The summed E-state index contributed by atoms with van der Waals surface area (Å²) in [4.78, 5) is 17.9. The SMILES string of the molecule is CCCn1c(=O)n(Cc2cc(-c3ccc(C)cc3)no2)c2c(C(F)(F)F)cc(-c3ccccc3)nc21. The van der Waals surface area contributed by atoms with Crippen LogP contribution in [-0.4, -0.2) is 19.3 Å². The van der Waals surface area contributed by atoms with Gasteiger partial charge in [-0.25, -0.2) is 9.78 Å². The number of benzene rings is 2. The van der Waals surface area contributed by atoms with E-state index >= 15 is 0 Å². The van der Waals surface area contributed by atoms with E-state index in [0.717, 1.165) is 21.8 Å². The van der Waals surface area contributed by atoms with Crippen LogP contribution in [0.2, 0.25) is 0 Å². The molecule has 5 rings (SSSR count). The lowest BCUT2D eigenvalue weighted by atomic mass is 10.1. The van der Waals surface area contributed by atoms with Crippen LogP contribution in [0.1, 0.15) is 30.2 Å². The zero-order chi connectivity index (χ0) is 25.4. The minimum Gasteiger partial charge on any atom is -0.359 e. The number of pyridine rings is 1. The maximum Gasteiger partial charge on any atom is 0.418 e. The number of imidazole rings is 1. The van der Waals surface area contributed by atoms with Crippen LogP contribution in [0.5, 0.6) is 0 Å². The number of halogens is 3. The van der Waals surface area contributed by atoms with Crippen molar-refractivity contribution in [1.82, 2.24) is 19.3 Å². The van der Waals surface area contributed by atoms with Crippen LogP contribution < -0.4 is 5.69 Å². The van der Waals surface area contributed by atoms with E-state index in [0.29, 0.717) is 17.7 Å². The lowest BCUT2D eigenvalue weighted by Gasteiger charge is -2.12. The van der Waals surface area contributed by atoms with E-state index in [1.165, 1.54) is 4.57 Å². The van der Waals surface area contributed by atoms with Gasteiger partial charge in [0.15, 0.2) is 11.4 Å². The predicted molar refractivity (Wildman–Crippen MR) is 130 cm³/mol. The molecule has 0 aliphatic rings. The van der Waals surface area contributed by atoms with Crippen molar-refractivity contribution in [2.45, 2.75) is 39.5 Å². The molecule has 36 heavy (non-hydrogen) atoms. The fourth-order valence-corrected chi connectivity index (χ4v) is 4.26. The van der Waals surface area contributed by atoms with Gasteiger partial charge in [-0.05, 0) is 19.4 Å². The molecular formula is C27H23F3N4O2. The number of hydrogen-bond acceptors (Lipinski definition) is 4. The molecule has 0 spiro atoms. The molecule has 0 saturated heterocycles. The molecule has 2 aromatic carbocycles. The topological polar surface area (TPSA) is 65.8 Å². The number of nitrogens with zero attached hydrogens (tertiary/aromatic N) is 4. The van der Waals surface area contributed by atoms with Gasteiger partial charge >= 0.3 is 11.9 Å². The Bertz CT molecular complexity index is 1580. The van der Waals surface area contributed by atoms with Crippen molar-refractivity contribution in [2.75, 3.05) is 0 Å². The van der Waals surface area contributed by atoms with E-state index in [4.69, 9.17) is 4.52 Å². The monoisotopic (exact) mass is 492 g/mol. The zero-order valence-electron chi connectivity index (χ0n) is 19.7. The number of rotatable bonds is 6. The van der Waals surface area contributed by atoms with Gasteiger partial charge in [0.2, 0.25) is 0 Å². The minimum absolute atomic E-state index is 0.00574. The first kappa shape index (κ1) is 23.6. The molecule has 184 valence electrons. The standard InChI is InChI=1S/C27H23F3N4O2/c1-3-13-33-25-24(21(27(28,29)30)15-22(31-25)18-7-5-4-6-8-18)34(26(33)35)16-20-14-23(32-36-20)19-11-9-17(2)10-12-19/h4-12,14-15H,3,13,16H2,1-2H3. The van der Waals surface area contributed by atoms with Crippen LogP contribution in [0.15, 0.2) is 76.0 Å². The lowest BCUT2D eigenvalue weighted by Crippen LogP contribution is -2.25. The maximum absolute atomic E-state index is 14.3. The summed E-state index contributed by atoms with van der Waals surface area (Å²) in [5.41, 5.74) is 1.34. The van der Waals surface area contributed by atoms with Crippen molar-refractivity contribution in [3.63, 3.8) is 0 Å². The van der Waals surface area contributed by atoms with Crippen molar-refractivity contribution < 1.29 is 17.7 Å². The van der Waals surface area contributed by atoms with Gasteiger partial charge < -0.3 is 4.52 Å². The van der Waals surface area contributed by atoms with Gasteiger partial charge in [-0.1, -0.05) is 72.2 Å². The second kappa shape index (κ2) is 9.14. The average molecular weight is 493 g/mol. The summed E-state index contributed by atoms with van der Waals surface area (Å²) in [5, 5.41) is 4.06. The second-order valence-corrected chi connectivity index (χ2v) is 8.66. The molecule has 6 nitrogen and oxygen atoms in total. The summed E-state index contributed by atoms with van der Waals surface area (Å²) in [6.45, 7) is 3.84. The molecule has 0 unspecified atom stereocenters. The molecular weight excluding hydrogens is 469 g/mol. The molecule has 0 aliphatic carbocycles. The first-order valence-electron chi connectivity index (χ1n) is 11.6. The van der Waals surface area contributed by atoms with E-state index in [1.54, 1.807) is 36.4 Å². The Kier molecular flexibility index (Phi) is 5.99. The van der Waals surface area contributed by atoms with Gasteiger partial charge in [-0.2, -0.15) is 13.2 Å². The largest absolute Gasteiger partial charge is 0.418 e. The fraction of sp³-hybridized carbons (Fsp3) is 0.222. The van der Waals surface area contributed by atoms with Crippen molar-refractivity contribution in [3.05, 3.63) is 94.1 Å². The molecule has 0 bridgehead atoms. The van der Waals surface area contributed by atoms with E-state index in [2.05, 4.69) is 10.1 Å². The molecule has 0 fully saturated rings. The summed E-state index contributed by atoms with van der Waals surface area (Å²) in [6, 6.07) is 18.9. The molecule has 0 saturated carbocycles. The fourth-order valence-electron chi connectivity index (χ4n) is 4.26. The highest BCUT2D eigenvalue weighted by Gasteiger charge is 2.37. The Morgan fingerprint density at radius 1 is 0.917 bits per heavy atom. The Morgan fingerprint density at radius 2 is 1.61 bits per heavy atom. The average Bonchev–Trinajstić information content (AvgIpc) is 3.43. The lowest BCUT2D eigenvalue weighted by molar-refractivity contribution is -0.136. The van der Waals surface area contributed by atoms with Crippen molar-refractivity contribution in [2.24, 2.45) is 0 Å². The maximum atomic E-state index is 14.3. The van der Waals surface area contributed by atoms with Crippen LogP contribution in [0.3, 0.4) is 0 Å². The number of fused-ring (bicyclic) bond motifs is 1. The Balaban J connectivity index is 1.68. The Morgan fingerprint density at radius 3 is 2.28 bits per heavy atom. The van der Waals surface area contributed by atoms with Gasteiger partial charge in [0.05, 0.1) is 17.8 Å². The van der Waals surface area contributed by atoms with Gasteiger partial charge in [-0.3, -0.25) is 9.13 Å².